The molecule has 1 aromatic carbocycles. The maximum absolute atomic E-state index is 5.94. The minimum atomic E-state index is 0.286. The van der Waals surface area contributed by atoms with Crippen LogP contribution in [0.25, 0.3) is 0 Å². The molecule has 0 aliphatic rings. The van der Waals surface area contributed by atoms with Crippen molar-refractivity contribution in [3.8, 4) is 5.75 Å². The third-order valence-electron chi connectivity index (χ3n) is 2.92. The SMILES string of the molecule is Cc1cccc(CBr)c1OCc1ncnn1C(C)C. The lowest BCUT2D eigenvalue weighted by molar-refractivity contribution is 0.279. The van der Waals surface area contributed by atoms with Crippen LogP contribution in [0, 0.1) is 6.92 Å². The second-order valence-corrected chi connectivity index (χ2v) is 5.26. The molecule has 0 N–H and O–H groups in total. The quantitative estimate of drug-likeness (QED) is 0.788. The van der Waals surface area contributed by atoms with E-state index < -0.39 is 0 Å². The highest BCUT2D eigenvalue weighted by molar-refractivity contribution is 9.08. The van der Waals surface area contributed by atoms with Gasteiger partial charge in [0.1, 0.15) is 18.7 Å². The molecule has 0 unspecified atom stereocenters. The smallest absolute Gasteiger partial charge is 0.165 e. The first-order chi connectivity index (χ1) is 9.13. The first kappa shape index (κ1) is 14.1. The van der Waals surface area contributed by atoms with Gasteiger partial charge in [0.25, 0.3) is 0 Å². The van der Waals surface area contributed by atoms with Gasteiger partial charge >= 0.3 is 0 Å². The van der Waals surface area contributed by atoms with Gasteiger partial charge in [-0.2, -0.15) is 5.10 Å². The van der Waals surface area contributed by atoms with Crippen molar-refractivity contribution in [2.24, 2.45) is 0 Å². The van der Waals surface area contributed by atoms with Gasteiger partial charge in [0.15, 0.2) is 5.82 Å². The maximum atomic E-state index is 5.94. The van der Waals surface area contributed by atoms with Crippen LogP contribution in [0.4, 0.5) is 0 Å². The lowest BCUT2D eigenvalue weighted by Gasteiger charge is -2.14. The van der Waals surface area contributed by atoms with Gasteiger partial charge < -0.3 is 4.74 Å². The molecule has 0 saturated carbocycles. The topological polar surface area (TPSA) is 39.9 Å². The van der Waals surface area contributed by atoms with Gasteiger partial charge in [0.2, 0.25) is 0 Å². The number of para-hydroxylation sites is 1. The Labute approximate surface area is 121 Å². The van der Waals surface area contributed by atoms with Gasteiger partial charge in [0, 0.05) is 16.9 Å². The predicted molar refractivity (Wildman–Crippen MR) is 78.5 cm³/mol. The lowest BCUT2D eigenvalue weighted by Crippen LogP contribution is -2.11. The van der Waals surface area contributed by atoms with Gasteiger partial charge in [-0.15, -0.1) is 0 Å². The zero-order valence-electron chi connectivity index (χ0n) is 11.4. The van der Waals surface area contributed by atoms with Crippen molar-refractivity contribution in [3.05, 3.63) is 41.5 Å². The first-order valence-electron chi connectivity index (χ1n) is 6.29. The standard InChI is InChI=1S/C14H18BrN3O/c1-10(2)18-13(16-9-17-18)8-19-14-11(3)5-4-6-12(14)7-15/h4-6,9-10H,7-8H2,1-3H3. The number of aromatic nitrogens is 3. The van der Waals surface area contributed by atoms with Crippen LogP contribution >= 0.6 is 15.9 Å². The van der Waals surface area contributed by atoms with Crippen LogP contribution in [0.15, 0.2) is 24.5 Å². The summed E-state index contributed by atoms with van der Waals surface area (Å²) in [6.07, 6.45) is 1.57. The highest BCUT2D eigenvalue weighted by atomic mass is 79.9. The molecular formula is C14H18BrN3O. The fraction of sp³-hybridized carbons (Fsp3) is 0.429. The molecule has 0 spiro atoms. The minimum Gasteiger partial charge on any atom is -0.485 e. The summed E-state index contributed by atoms with van der Waals surface area (Å²) in [7, 11) is 0. The van der Waals surface area contributed by atoms with Crippen LogP contribution < -0.4 is 4.74 Å². The van der Waals surface area contributed by atoms with Crippen LogP contribution in [0.3, 0.4) is 0 Å². The van der Waals surface area contributed by atoms with Crippen LogP contribution in [-0.2, 0) is 11.9 Å². The molecule has 0 atom stereocenters. The van der Waals surface area contributed by atoms with E-state index in [0.717, 1.165) is 28.0 Å². The second-order valence-electron chi connectivity index (χ2n) is 4.70. The average molecular weight is 324 g/mol. The molecule has 5 heteroatoms. The van der Waals surface area contributed by atoms with E-state index in [1.807, 2.05) is 10.7 Å². The van der Waals surface area contributed by atoms with Crippen molar-refractivity contribution in [1.29, 1.82) is 0 Å². The molecule has 19 heavy (non-hydrogen) atoms. The Kier molecular flexibility index (Phi) is 4.58. The molecule has 0 saturated heterocycles. The number of aryl methyl sites for hydroxylation is 1. The zero-order valence-corrected chi connectivity index (χ0v) is 13.0. The van der Waals surface area contributed by atoms with Crippen molar-refractivity contribution >= 4 is 15.9 Å². The number of hydrogen-bond acceptors (Lipinski definition) is 3. The minimum absolute atomic E-state index is 0.286. The Hall–Kier alpha value is -1.36. The molecule has 0 bridgehead atoms. The molecule has 2 rings (SSSR count). The zero-order chi connectivity index (χ0) is 13.8. The van der Waals surface area contributed by atoms with Crippen molar-refractivity contribution in [2.75, 3.05) is 0 Å². The summed E-state index contributed by atoms with van der Waals surface area (Å²) in [5.41, 5.74) is 2.28. The summed E-state index contributed by atoms with van der Waals surface area (Å²) in [4.78, 5) is 4.25. The Balaban J connectivity index is 2.17. The third-order valence-corrected chi connectivity index (χ3v) is 3.52. The fourth-order valence-electron chi connectivity index (χ4n) is 1.97. The normalized spacial score (nSPS) is 11.0. The van der Waals surface area contributed by atoms with E-state index in [1.165, 1.54) is 0 Å². The Morgan fingerprint density at radius 1 is 1.37 bits per heavy atom. The summed E-state index contributed by atoms with van der Waals surface area (Å²) < 4.78 is 7.82. The summed E-state index contributed by atoms with van der Waals surface area (Å²) in [5, 5.41) is 4.99. The first-order valence-corrected chi connectivity index (χ1v) is 7.41. The highest BCUT2D eigenvalue weighted by Gasteiger charge is 2.11. The molecule has 0 aliphatic carbocycles. The highest BCUT2D eigenvalue weighted by Crippen LogP contribution is 2.26. The molecule has 0 fully saturated rings. The Bertz CT molecular complexity index is 551. The second kappa shape index (κ2) is 6.19. The number of alkyl halides is 1. The van der Waals surface area contributed by atoms with E-state index in [1.54, 1.807) is 6.33 Å². The molecule has 0 radical (unpaired) electrons. The molecule has 0 amide bonds. The fourth-order valence-corrected chi connectivity index (χ4v) is 2.41. The van der Waals surface area contributed by atoms with Gasteiger partial charge in [-0.3, -0.25) is 0 Å². The Morgan fingerprint density at radius 3 is 2.84 bits per heavy atom. The Morgan fingerprint density at radius 2 is 2.16 bits per heavy atom. The third kappa shape index (κ3) is 3.15. The predicted octanol–water partition coefficient (Wildman–Crippen LogP) is 3.64. The number of rotatable bonds is 5. The molecule has 1 heterocycles. The van der Waals surface area contributed by atoms with E-state index >= 15 is 0 Å². The van der Waals surface area contributed by atoms with E-state index in [-0.39, 0.29) is 6.04 Å². The van der Waals surface area contributed by atoms with Crippen molar-refractivity contribution in [2.45, 2.75) is 38.8 Å². The lowest BCUT2D eigenvalue weighted by atomic mass is 10.1. The van der Waals surface area contributed by atoms with Gasteiger partial charge in [0.05, 0.1) is 0 Å². The summed E-state index contributed by atoms with van der Waals surface area (Å²) >= 11 is 3.49. The molecular weight excluding hydrogens is 306 g/mol. The van der Waals surface area contributed by atoms with Gasteiger partial charge in [-0.25, -0.2) is 9.67 Å². The van der Waals surface area contributed by atoms with Crippen molar-refractivity contribution in [3.63, 3.8) is 0 Å². The van der Waals surface area contributed by atoms with E-state index in [2.05, 4.69) is 58.9 Å². The van der Waals surface area contributed by atoms with Crippen LogP contribution in [0.2, 0.25) is 0 Å². The molecule has 2 aromatic rings. The number of ether oxygens (including phenoxy) is 1. The molecule has 0 aliphatic heterocycles. The molecule has 1 aromatic heterocycles. The number of nitrogens with zero attached hydrogens (tertiary/aromatic N) is 3. The summed E-state index contributed by atoms with van der Waals surface area (Å²) in [5.74, 6) is 1.77. The van der Waals surface area contributed by atoms with Crippen molar-refractivity contribution < 1.29 is 4.74 Å². The summed E-state index contributed by atoms with van der Waals surface area (Å²) in [6.45, 7) is 6.64. The van der Waals surface area contributed by atoms with E-state index in [4.69, 9.17) is 4.74 Å². The van der Waals surface area contributed by atoms with Crippen LogP contribution in [0.5, 0.6) is 5.75 Å². The number of benzene rings is 1. The van der Waals surface area contributed by atoms with Crippen LogP contribution in [-0.4, -0.2) is 14.8 Å². The largest absolute Gasteiger partial charge is 0.485 e. The number of hydrogen-bond donors (Lipinski definition) is 0. The van der Waals surface area contributed by atoms with Gasteiger partial charge in [-0.05, 0) is 26.3 Å². The monoisotopic (exact) mass is 323 g/mol. The molecule has 102 valence electrons. The van der Waals surface area contributed by atoms with Crippen molar-refractivity contribution in [1.82, 2.24) is 14.8 Å². The van der Waals surface area contributed by atoms with Crippen LogP contribution in [0.1, 0.15) is 36.8 Å². The average Bonchev–Trinajstić information content (AvgIpc) is 2.85. The summed E-state index contributed by atoms with van der Waals surface area (Å²) in [6, 6.07) is 6.43. The molecule has 4 nitrogen and oxygen atoms in total. The number of halogens is 1. The van der Waals surface area contributed by atoms with E-state index in [0.29, 0.717) is 6.61 Å². The van der Waals surface area contributed by atoms with E-state index in [9.17, 15) is 0 Å². The van der Waals surface area contributed by atoms with Gasteiger partial charge in [-0.1, -0.05) is 34.1 Å². The maximum Gasteiger partial charge on any atom is 0.165 e.